The van der Waals surface area contributed by atoms with Crippen molar-refractivity contribution in [3.8, 4) is 0 Å². The van der Waals surface area contributed by atoms with Gasteiger partial charge in [-0.1, -0.05) is 0 Å². The summed E-state index contributed by atoms with van der Waals surface area (Å²) in [6, 6.07) is 1.53. The van der Waals surface area contributed by atoms with Gasteiger partial charge in [-0.25, -0.2) is 4.98 Å². The molecular formula is C11H18N4OS. The third kappa shape index (κ3) is 3.81. The Labute approximate surface area is 105 Å². The molecule has 0 saturated heterocycles. The lowest BCUT2D eigenvalue weighted by atomic mass is 10.2. The van der Waals surface area contributed by atoms with Gasteiger partial charge in [0.05, 0.1) is 17.4 Å². The number of thioether (sulfide) groups is 1. The first-order valence-corrected chi connectivity index (χ1v) is 6.42. The second kappa shape index (κ2) is 5.27. The molecular weight excluding hydrogens is 236 g/mol. The smallest absolute Gasteiger partial charge is 0.252 e. The molecule has 5 N–H and O–H groups in total. The van der Waals surface area contributed by atoms with Gasteiger partial charge < -0.3 is 16.8 Å². The number of hydrogen-bond acceptors (Lipinski definition) is 5. The first-order valence-electron chi connectivity index (χ1n) is 5.20. The van der Waals surface area contributed by atoms with Gasteiger partial charge in [-0.05, 0) is 26.2 Å². The average molecular weight is 254 g/mol. The van der Waals surface area contributed by atoms with Crippen molar-refractivity contribution in [2.24, 2.45) is 5.73 Å². The predicted octanol–water partition coefficient (Wildman–Crippen LogP) is 1.32. The standard InChI is InChI=1S/C11H18N4OS/c1-11(2,17-3)6-15-10-8(9(13)16)4-7(12)5-14-10/h4-5H,6,12H2,1-3H3,(H2,13,16)(H,14,15). The van der Waals surface area contributed by atoms with Crippen molar-refractivity contribution in [3.63, 3.8) is 0 Å². The van der Waals surface area contributed by atoms with Crippen LogP contribution in [0.25, 0.3) is 0 Å². The molecule has 0 atom stereocenters. The Morgan fingerprint density at radius 1 is 1.59 bits per heavy atom. The maximum absolute atomic E-state index is 11.2. The topological polar surface area (TPSA) is 94.0 Å². The Balaban J connectivity index is 2.88. The molecule has 0 fully saturated rings. The molecule has 0 bridgehead atoms. The Hall–Kier alpha value is -1.43. The number of primary amides is 1. The highest BCUT2D eigenvalue weighted by molar-refractivity contribution is 7.99. The number of nitrogens with two attached hydrogens (primary N) is 2. The summed E-state index contributed by atoms with van der Waals surface area (Å²) in [6.45, 7) is 4.89. The van der Waals surface area contributed by atoms with Crippen LogP contribution in [0.15, 0.2) is 12.3 Å². The maximum atomic E-state index is 11.2. The number of carbonyl (C=O) groups is 1. The molecule has 1 aromatic rings. The zero-order chi connectivity index (χ0) is 13.1. The first kappa shape index (κ1) is 13.6. The summed E-state index contributed by atoms with van der Waals surface area (Å²) < 4.78 is 0.0536. The molecule has 1 aromatic heterocycles. The molecule has 0 unspecified atom stereocenters. The van der Waals surface area contributed by atoms with Crippen molar-refractivity contribution < 1.29 is 4.79 Å². The van der Waals surface area contributed by atoms with E-state index in [4.69, 9.17) is 11.5 Å². The number of nitrogens with one attached hydrogen (secondary N) is 1. The highest BCUT2D eigenvalue weighted by Crippen LogP contribution is 2.22. The average Bonchev–Trinajstić information content (AvgIpc) is 2.27. The van der Waals surface area contributed by atoms with E-state index in [0.29, 0.717) is 23.6 Å². The molecule has 94 valence electrons. The lowest BCUT2D eigenvalue weighted by molar-refractivity contribution is 0.100. The molecule has 0 saturated carbocycles. The second-order valence-electron chi connectivity index (χ2n) is 4.35. The van der Waals surface area contributed by atoms with Crippen molar-refractivity contribution >= 4 is 29.2 Å². The van der Waals surface area contributed by atoms with Crippen molar-refractivity contribution in [2.75, 3.05) is 23.9 Å². The molecule has 1 amide bonds. The van der Waals surface area contributed by atoms with E-state index in [1.165, 1.54) is 12.3 Å². The minimum absolute atomic E-state index is 0.0536. The fraction of sp³-hybridized carbons (Fsp3) is 0.455. The monoisotopic (exact) mass is 254 g/mol. The molecule has 6 heteroatoms. The number of pyridine rings is 1. The van der Waals surface area contributed by atoms with E-state index in [-0.39, 0.29) is 4.75 Å². The van der Waals surface area contributed by atoms with Crippen LogP contribution in [0, 0.1) is 0 Å². The maximum Gasteiger partial charge on any atom is 0.252 e. The SMILES string of the molecule is CSC(C)(C)CNc1ncc(N)cc1C(N)=O. The third-order valence-electron chi connectivity index (χ3n) is 2.41. The fourth-order valence-electron chi connectivity index (χ4n) is 1.18. The highest BCUT2D eigenvalue weighted by Gasteiger charge is 2.17. The summed E-state index contributed by atoms with van der Waals surface area (Å²) in [4.78, 5) is 15.3. The van der Waals surface area contributed by atoms with Gasteiger partial charge in [-0.15, -0.1) is 0 Å². The van der Waals surface area contributed by atoms with Crippen molar-refractivity contribution in [2.45, 2.75) is 18.6 Å². The Bertz CT molecular complexity index is 420. The molecule has 0 radical (unpaired) electrons. The lowest BCUT2D eigenvalue weighted by Crippen LogP contribution is -2.27. The van der Waals surface area contributed by atoms with Gasteiger partial charge in [-0.3, -0.25) is 4.79 Å². The largest absolute Gasteiger partial charge is 0.397 e. The Kier molecular flexibility index (Phi) is 4.22. The van der Waals surface area contributed by atoms with Crippen LogP contribution in [0.1, 0.15) is 24.2 Å². The molecule has 1 heterocycles. The van der Waals surface area contributed by atoms with Crippen LogP contribution in [-0.2, 0) is 0 Å². The summed E-state index contributed by atoms with van der Waals surface area (Å²) in [5.74, 6) is -0.0527. The van der Waals surface area contributed by atoms with Gasteiger partial charge in [0, 0.05) is 11.3 Å². The van der Waals surface area contributed by atoms with E-state index in [9.17, 15) is 4.79 Å². The fourth-order valence-corrected chi connectivity index (χ4v) is 1.39. The number of rotatable bonds is 5. The van der Waals surface area contributed by atoms with Crippen LogP contribution in [0.5, 0.6) is 0 Å². The zero-order valence-corrected chi connectivity index (χ0v) is 11.1. The molecule has 0 aliphatic carbocycles. The summed E-state index contributed by atoms with van der Waals surface area (Å²) in [5.41, 5.74) is 11.6. The van der Waals surface area contributed by atoms with Crippen molar-refractivity contribution in [1.82, 2.24) is 4.98 Å². The molecule has 0 spiro atoms. The number of nitrogen functional groups attached to an aromatic ring is 1. The number of hydrogen-bond donors (Lipinski definition) is 3. The lowest BCUT2D eigenvalue weighted by Gasteiger charge is -2.23. The number of aromatic nitrogens is 1. The van der Waals surface area contributed by atoms with Gasteiger partial charge in [-0.2, -0.15) is 11.8 Å². The summed E-state index contributed by atoms with van der Waals surface area (Å²) in [5, 5.41) is 3.12. The third-order valence-corrected chi connectivity index (χ3v) is 3.66. The molecule has 0 aliphatic heterocycles. The van der Waals surface area contributed by atoms with E-state index in [0.717, 1.165) is 0 Å². The number of nitrogens with zero attached hydrogens (tertiary/aromatic N) is 1. The zero-order valence-electron chi connectivity index (χ0n) is 10.3. The van der Waals surface area contributed by atoms with E-state index < -0.39 is 5.91 Å². The molecule has 17 heavy (non-hydrogen) atoms. The predicted molar refractivity (Wildman–Crippen MR) is 73.3 cm³/mol. The minimum Gasteiger partial charge on any atom is -0.397 e. The number of anilines is 2. The number of amides is 1. The minimum atomic E-state index is -0.533. The summed E-state index contributed by atoms with van der Waals surface area (Å²) in [6.07, 6.45) is 3.54. The van der Waals surface area contributed by atoms with Crippen molar-refractivity contribution in [1.29, 1.82) is 0 Å². The van der Waals surface area contributed by atoms with Gasteiger partial charge in [0.15, 0.2) is 0 Å². The molecule has 5 nitrogen and oxygen atoms in total. The van der Waals surface area contributed by atoms with Gasteiger partial charge >= 0.3 is 0 Å². The van der Waals surface area contributed by atoms with Crippen molar-refractivity contribution in [3.05, 3.63) is 17.8 Å². The van der Waals surface area contributed by atoms with Crippen LogP contribution in [-0.4, -0.2) is 28.4 Å². The Morgan fingerprint density at radius 2 is 2.24 bits per heavy atom. The van der Waals surface area contributed by atoms with Crippen LogP contribution in [0.3, 0.4) is 0 Å². The quantitative estimate of drug-likeness (QED) is 0.736. The molecule has 0 aromatic carbocycles. The first-order chi connectivity index (χ1) is 7.85. The second-order valence-corrected chi connectivity index (χ2v) is 5.86. The van der Waals surface area contributed by atoms with Crippen LogP contribution >= 0.6 is 11.8 Å². The van der Waals surface area contributed by atoms with Crippen LogP contribution in [0.2, 0.25) is 0 Å². The van der Waals surface area contributed by atoms with Gasteiger partial charge in [0.2, 0.25) is 0 Å². The van der Waals surface area contributed by atoms with Crippen LogP contribution < -0.4 is 16.8 Å². The van der Waals surface area contributed by atoms with E-state index in [1.54, 1.807) is 11.8 Å². The van der Waals surface area contributed by atoms with E-state index in [2.05, 4.69) is 24.1 Å². The summed E-state index contributed by atoms with van der Waals surface area (Å²) >= 11 is 1.73. The van der Waals surface area contributed by atoms with Crippen LogP contribution in [0.4, 0.5) is 11.5 Å². The Morgan fingerprint density at radius 3 is 2.76 bits per heavy atom. The summed E-state index contributed by atoms with van der Waals surface area (Å²) in [7, 11) is 0. The molecule has 1 rings (SSSR count). The van der Waals surface area contributed by atoms with E-state index in [1.807, 2.05) is 6.26 Å². The van der Waals surface area contributed by atoms with E-state index >= 15 is 0 Å². The molecule has 0 aliphatic rings. The van der Waals surface area contributed by atoms with Gasteiger partial charge in [0.25, 0.3) is 5.91 Å². The highest BCUT2D eigenvalue weighted by atomic mass is 32.2. The number of carbonyl (C=O) groups excluding carboxylic acids is 1. The normalized spacial score (nSPS) is 11.2. The van der Waals surface area contributed by atoms with Gasteiger partial charge in [0.1, 0.15) is 5.82 Å².